The molecule has 28 heavy (non-hydrogen) atoms. The molecule has 0 radical (unpaired) electrons. The van der Waals surface area contributed by atoms with E-state index < -0.39 is 0 Å². The van der Waals surface area contributed by atoms with Gasteiger partial charge in [0.15, 0.2) is 0 Å². The van der Waals surface area contributed by atoms with Crippen molar-refractivity contribution in [2.45, 2.75) is 19.6 Å². The van der Waals surface area contributed by atoms with Crippen LogP contribution < -0.4 is 5.32 Å². The second kappa shape index (κ2) is 8.30. The first-order valence-electron chi connectivity index (χ1n) is 9.02. The van der Waals surface area contributed by atoms with Crippen molar-refractivity contribution in [3.05, 3.63) is 102 Å². The van der Waals surface area contributed by atoms with Gasteiger partial charge in [-0.05, 0) is 34.9 Å². The summed E-state index contributed by atoms with van der Waals surface area (Å²) in [5, 5.41) is 11.3. The number of hydrogen-bond donors (Lipinski definition) is 1. The van der Waals surface area contributed by atoms with Crippen LogP contribution in [0.5, 0.6) is 0 Å². The summed E-state index contributed by atoms with van der Waals surface area (Å²) in [6.45, 7) is 1.77. The smallest absolute Gasteiger partial charge is 0.251 e. The van der Waals surface area contributed by atoms with E-state index in [1.54, 1.807) is 17.2 Å². The number of carbonyl (C=O) groups excluding carboxylic acids is 1. The van der Waals surface area contributed by atoms with Crippen molar-refractivity contribution >= 4 is 5.91 Å². The summed E-state index contributed by atoms with van der Waals surface area (Å²) >= 11 is 0. The first kappa shape index (κ1) is 17.7. The molecule has 0 spiro atoms. The topological polar surface area (TPSA) is 77.6 Å². The minimum atomic E-state index is -0.0961. The lowest BCUT2D eigenvalue weighted by atomic mass is 10.1. The van der Waals surface area contributed by atoms with E-state index in [2.05, 4.69) is 26.6 Å². The Morgan fingerprint density at radius 3 is 2.43 bits per heavy atom. The van der Waals surface area contributed by atoms with Gasteiger partial charge in [-0.25, -0.2) is 9.67 Å². The Kier molecular flexibility index (Phi) is 5.24. The van der Waals surface area contributed by atoms with Crippen LogP contribution >= 0.6 is 0 Å². The third-order valence-corrected chi connectivity index (χ3v) is 4.48. The fraction of sp³-hybridized carbons (Fsp3) is 0.143. The Balaban J connectivity index is 1.38. The van der Waals surface area contributed by atoms with Crippen LogP contribution in [0, 0.1) is 0 Å². The molecule has 0 saturated carbocycles. The van der Waals surface area contributed by atoms with Crippen molar-refractivity contribution in [1.29, 1.82) is 0 Å². The SMILES string of the molecule is O=C(NCc1ccccc1Cn1cccn1)c1ccc(Cn2cncn2)cc1. The molecule has 4 aromatic rings. The number of hydrogen-bond acceptors (Lipinski definition) is 4. The van der Waals surface area contributed by atoms with Gasteiger partial charge in [-0.2, -0.15) is 10.2 Å². The van der Waals surface area contributed by atoms with E-state index in [0.717, 1.165) is 16.7 Å². The lowest BCUT2D eigenvalue weighted by Gasteiger charge is -2.11. The maximum absolute atomic E-state index is 12.5. The molecule has 1 N–H and O–H groups in total. The quantitative estimate of drug-likeness (QED) is 0.541. The highest BCUT2D eigenvalue weighted by Crippen LogP contribution is 2.11. The minimum Gasteiger partial charge on any atom is -0.348 e. The molecule has 0 unspecified atom stereocenters. The average molecular weight is 372 g/mol. The zero-order chi connectivity index (χ0) is 19.2. The highest BCUT2D eigenvalue weighted by Gasteiger charge is 2.08. The molecule has 0 saturated heterocycles. The monoisotopic (exact) mass is 372 g/mol. The molecule has 0 atom stereocenters. The summed E-state index contributed by atoms with van der Waals surface area (Å²) in [6, 6.07) is 17.5. The molecule has 0 aliphatic heterocycles. The molecule has 0 fully saturated rings. The summed E-state index contributed by atoms with van der Waals surface area (Å²) in [5.41, 5.74) is 3.90. The van der Waals surface area contributed by atoms with E-state index in [1.165, 1.54) is 6.33 Å². The van der Waals surface area contributed by atoms with Gasteiger partial charge in [0.05, 0.1) is 13.1 Å². The maximum atomic E-state index is 12.5. The molecule has 2 heterocycles. The highest BCUT2D eigenvalue weighted by atomic mass is 16.1. The Bertz CT molecular complexity index is 1020. The van der Waals surface area contributed by atoms with E-state index in [9.17, 15) is 4.79 Å². The van der Waals surface area contributed by atoms with E-state index in [1.807, 2.05) is 59.4 Å². The molecule has 7 nitrogen and oxygen atoms in total. The van der Waals surface area contributed by atoms with Crippen LogP contribution in [0.4, 0.5) is 0 Å². The summed E-state index contributed by atoms with van der Waals surface area (Å²) in [5.74, 6) is -0.0961. The van der Waals surface area contributed by atoms with Crippen molar-refractivity contribution in [3.8, 4) is 0 Å². The van der Waals surface area contributed by atoms with E-state index in [4.69, 9.17) is 0 Å². The van der Waals surface area contributed by atoms with E-state index in [0.29, 0.717) is 25.2 Å². The third kappa shape index (κ3) is 4.32. The van der Waals surface area contributed by atoms with Crippen LogP contribution in [-0.2, 0) is 19.6 Å². The molecule has 2 aromatic heterocycles. The van der Waals surface area contributed by atoms with Gasteiger partial charge in [0, 0.05) is 24.5 Å². The van der Waals surface area contributed by atoms with Gasteiger partial charge in [-0.15, -0.1) is 0 Å². The second-order valence-electron chi connectivity index (χ2n) is 6.45. The van der Waals surface area contributed by atoms with Crippen LogP contribution in [0.2, 0.25) is 0 Å². The molecule has 4 rings (SSSR count). The fourth-order valence-corrected chi connectivity index (χ4v) is 2.99. The molecule has 7 heteroatoms. The van der Waals surface area contributed by atoms with Gasteiger partial charge >= 0.3 is 0 Å². The first-order chi connectivity index (χ1) is 13.8. The summed E-state index contributed by atoms with van der Waals surface area (Å²) in [6.07, 6.45) is 6.86. The molecule has 0 aliphatic rings. The van der Waals surface area contributed by atoms with E-state index in [-0.39, 0.29) is 5.91 Å². The van der Waals surface area contributed by atoms with Crippen LogP contribution in [0.3, 0.4) is 0 Å². The molecular weight excluding hydrogens is 352 g/mol. The number of benzene rings is 2. The largest absolute Gasteiger partial charge is 0.348 e. The van der Waals surface area contributed by atoms with Crippen LogP contribution in [-0.4, -0.2) is 30.5 Å². The summed E-state index contributed by atoms with van der Waals surface area (Å²) < 4.78 is 3.61. The lowest BCUT2D eigenvalue weighted by Crippen LogP contribution is -2.23. The zero-order valence-electron chi connectivity index (χ0n) is 15.3. The van der Waals surface area contributed by atoms with Gasteiger partial charge < -0.3 is 5.32 Å². The van der Waals surface area contributed by atoms with Gasteiger partial charge in [0.2, 0.25) is 0 Å². The number of nitrogens with zero attached hydrogens (tertiary/aromatic N) is 5. The number of nitrogens with one attached hydrogen (secondary N) is 1. The number of carbonyl (C=O) groups is 1. The zero-order valence-corrected chi connectivity index (χ0v) is 15.3. The molecule has 1 amide bonds. The molecule has 0 bridgehead atoms. The normalized spacial score (nSPS) is 10.7. The van der Waals surface area contributed by atoms with Crippen molar-refractivity contribution in [2.75, 3.05) is 0 Å². The molecule has 0 aliphatic carbocycles. The lowest BCUT2D eigenvalue weighted by molar-refractivity contribution is 0.0951. The molecule has 140 valence electrons. The maximum Gasteiger partial charge on any atom is 0.251 e. The Hall–Kier alpha value is -3.74. The highest BCUT2D eigenvalue weighted by molar-refractivity contribution is 5.94. The fourth-order valence-electron chi connectivity index (χ4n) is 2.99. The van der Waals surface area contributed by atoms with Gasteiger partial charge in [0.25, 0.3) is 5.91 Å². The van der Waals surface area contributed by atoms with Crippen molar-refractivity contribution in [1.82, 2.24) is 29.9 Å². The standard InChI is InChI=1S/C21H20N6O/c28-21(18-8-6-17(7-9-18)13-27-16-22-15-25-27)23-12-19-4-1-2-5-20(19)14-26-11-3-10-24-26/h1-11,15-16H,12-14H2,(H,23,28). The Morgan fingerprint density at radius 2 is 1.71 bits per heavy atom. The van der Waals surface area contributed by atoms with Crippen molar-refractivity contribution in [2.24, 2.45) is 0 Å². The number of rotatable bonds is 7. The summed E-state index contributed by atoms with van der Waals surface area (Å²) in [4.78, 5) is 16.4. The van der Waals surface area contributed by atoms with Gasteiger partial charge in [-0.3, -0.25) is 9.48 Å². The first-order valence-corrected chi connectivity index (χ1v) is 9.02. The Morgan fingerprint density at radius 1 is 0.893 bits per heavy atom. The predicted molar refractivity (Wildman–Crippen MR) is 105 cm³/mol. The van der Waals surface area contributed by atoms with Gasteiger partial charge in [-0.1, -0.05) is 36.4 Å². The average Bonchev–Trinajstić information content (AvgIpc) is 3.42. The minimum absolute atomic E-state index is 0.0961. The van der Waals surface area contributed by atoms with Gasteiger partial charge in [0.1, 0.15) is 12.7 Å². The molecule has 2 aromatic carbocycles. The van der Waals surface area contributed by atoms with Crippen LogP contribution in [0.15, 0.2) is 79.6 Å². The third-order valence-electron chi connectivity index (χ3n) is 4.48. The second-order valence-corrected chi connectivity index (χ2v) is 6.45. The number of aromatic nitrogens is 5. The van der Waals surface area contributed by atoms with E-state index >= 15 is 0 Å². The van der Waals surface area contributed by atoms with Crippen molar-refractivity contribution in [3.63, 3.8) is 0 Å². The Labute approximate surface area is 162 Å². The van der Waals surface area contributed by atoms with Crippen molar-refractivity contribution < 1.29 is 4.79 Å². The molecular formula is C21H20N6O. The van der Waals surface area contributed by atoms with Crippen LogP contribution in [0.1, 0.15) is 27.0 Å². The number of amides is 1. The van der Waals surface area contributed by atoms with Crippen LogP contribution in [0.25, 0.3) is 0 Å². The predicted octanol–water partition coefficient (Wildman–Crippen LogP) is 2.50. The summed E-state index contributed by atoms with van der Waals surface area (Å²) in [7, 11) is 0.